The molecular weight excluding hydrogens is 358 g/mol. The zero-order valence-electron chi connectivity index (χ0n) is 15.6. The van der Waals surface area contributed by atoms with Crippen LogP contribution in [0.1, 0.15) is 29.8 Å². The van der Waals surface area contributed by atoms with Crippen molar-refractivity contribution in [1.29, 1.82) is 0 Å². The Bertz CT molecular complexity index is 1030. The second-order valence-electron chi connectivity index (χ2n) is 6.42. The maximum atomic E-state index is 12.4. The minimum atomic E-state index is -1.09. The Morgan fingerprint density at radius 1 is 1.04 bits per heavy atom. The lowest BCUT2D eigenvalue weighted by Crippen LogP contribution is -2.30. The van der Waals surface area contributed by atoms with Gasteiger partial charge < -0.3 is 20.3 Å². The van der Waals surface area contributed by atoms with Crippen LogP contribution in [0.25, 0.3) is 10.8 Å². The Kier molecular flexibility index (Phi) is 5.49. The molecule has 1 amide bonds. The summed E-state index contributed by atoms with van der Waals surface area (Å²) >= 11 is 0. The van der Waals surface area contributed by atoms with Crippen LogP contribution in [-0.4, -0.2) is 28.2 Å². The molecule has 144 valence electrons. The van der Waals surface area contributed by atoms with Gasteiger partial charge in [-0.1, -0.05) is 43.3 Å². The molecule has 6 nitrogen and oxygen atoms in total. The monoisotopic (exact) mass is 379 g/mol. The lowest BCUT2D eigenvalue weighted by Gasteiger charge is -2.15. The molecule has 0 aliphatic heterocycles. The number of anilines is 1. The van der Waals surface area contributed by atoms with Crippen molar-refractivity contribution in [2.45, 2.75) is 26.4 Å². The number of fused-ring (bicyclic) bond motifs is 1. The molecular formula is C22H21NO5. The molecule has 0 spiro atoms. The van der Waals surface area contributed by atoms with Gasteiger partial charge >= 0.3 is 5.97 Å². The van der Waals surface area contributed by atoms with Gasteiger partial charge in [0.2, 0.25) is 0 Å². The summed E-state index contributed by atoms with van der Waals surface area (Å²) in [4.78, 5) is 24.7. The zero-order valence-corrected chi connectivity index (χ0v) is 15.6. The molecule has 0 aliphatic carbocycles. The first kappa shape index (κ1) is 19.2. The molecule has 0 aliphatic rings. The number of ether oxygens (including phenoxy) is 1. The van der Waals surface area contributed by atoms with E-state index >= 15 is 0 Å². The smallest absolute Gasteiger partial charge is 0.342 e. The van der Waals surface area contributed by atoms with E-state index in [2.05, 4.69) is 5.32 Å². The highest BCUT2D eigenvalue weighted by atomic mass is 16.5. The number of benzene rings is 3. The van der Waals surface area contributed by atoms with Crippen LogP contribution < -0.4 is 5.32 Å². The van der Waals surface area contributed by atoms with Crippen LogP contribution in [0.5, 0.6) is 11.5 Å². The number of hydrogen-bond acceptors (Lipinski definition) is 5. The third-order valence-corrected chi connectivity index (χ3v) is 4.50. The number of phenols is 2. The number of nitrogens with one attached hydrogen (secondary N) is 1. The molecule has 3 aromatic carbocycles. The number of hydrogen-bond donors (Lipinski definition) is 3. The first-order chi connectivity index (χ1) is 13.4. The Balaban J connectivity index is 1.74. The van der Waals surface area contributed by atoms with Gasteiger partial charge in [-0.25, -0.2) is 4.79 Å². The number of rotatable bonds is 5. The summed E-state index contributed by atoms with van der Waals surface area (Å²) < 4.78 is 5.18. The number of aromatic hydroxyl groups is 2. The number of carbonyl (C=O) groups excluding carboxylic acids is 2. The first-order valence-corrected chi connectivity index (χ1v) is 8.95. The van der Waals surface area contributed by atoms with Crippen molar-refractivity contribution in [1.82, 2.24) is 0 Å². The average molecular weight is 379 g/mol. The number of carbonyl (C=O) groups is 2. The molecule has 0 bridgehead atoms. The second kappa shape index (κ2) is 8.00. The molecule has 0 saturated heterocycles. The van der Waals surface area contributed by atoms with E-state index in [4.69, 9.17) is 4.74 Å². The molecule has 6 heteroatoms. The van der Waals surface area contributed by atoms with E-state index in [1.165, 1.54) is 6.92 Å². The van der Waals surface area contributed by atoms with Gasteiger partial charge in [-0.2, -0.15) is 0 Å². The summed E-state index contributed by atoms with van der Waals surface area (Å²) in [7, 11) is 0. The minimum Gasteiger partial charge on any atom is -0.507 e. The van der Waals surface area contributed by atoms with Crippen LogP contribution in [0.15, 0.2) is 54.6 Å². The predicted molar refractivity (Wildman–Crippen MR) is 107 cm³/mol. The lowest BCUT2D eigenvalue weighted by molar-refractivity contribution is -0.123. The van der Waals surface area contributed by atoms with E-state index in [0.29, 0.717) is 16.5 Å². The highest BCUT2D eigenvalue weighted by Crippen LogP contribution is 2.35. The summed E-state index contributed by atoms with van der Waals surface area (Å²) in [5, 5.41) is 23.9. The van der Waals surface area contributed by atoms with Crippen molar-refractivity contribution < 1.29 is 24.5 Å². The Morgan fingerprint density at radius 2 is 1.68 bits per heavy atom. The normalized spacial score (nSPS) is 11.8. The molecule has 0 unspecified atom stereocenters. The van der Waals surface area contributed by atoms with Gasteiger partial charge in [0.05, 0.1) is 0 Å². The van der Waals surface area contributed by atoms with Crippen molar-refractivity contribution in [3.05, 3.63) is 65.7 Å². The van der Waals surface area contributed by atoms with Crippen molar-refractivity contribution in [2.75, 3.05) is 5.32 Å². The van der Waals surface area contributed by atoms with E-state index in [1.807, 2.05) is 19.1 Å². The van der Waals surface area contributed by atoms with E-state index in [0.717, 1.165) is 18.1 Å². The van der Waals surface area contributed by atoms with Gasteiger partial charge in [-0.05, 0) is 37.1 Å². The maximum Gasteiger partial charge on any atom is 0.342 e. The summed E-state index contributed by atoms with van der Waals surface area (Å²) in [6, 6.07) is 15.1. The summed E-state index contributed by atoms with van der Waals surface area (Å²) in [5.41, 5.74) is 1.53. The predicted octanol–water partition coefficient (Wildman–Crippen LogP) is 4.00. The van der Waals surface area contributed by atoms with Crippen LogP contribution in [0.2, 0.25) is 0 Å². The standard InChI is InChI=1S/C22H21NO5/c1-3-14-8-10-15(11-9-14)23-21(26)13(2)28-22(27)18-12-19(24)16-6-4-5-7-17(16)20(18)25/h4-13,24-25H,3H2,1-2H3,(H,23,26)/t13-/m1/s1. The minimum absolute atomic E-state index is 0.159. The lowest BCUT2D eigenvalue weighted by atomic mass is 10.0. The number of aryl methyl sites for hydroxylation is 1. The van der Waals surface area contributed by atoms with Gasteiger partial charge in [-0.15, -0.1) is 0 Å². The molecule has 0 aromatic heterocycles. The number of amides is 1. The van der Waals surface area contributed by atoms with Crippen LogP contribution in [0.4, 0.5) is 5.69 Å². The average Bonchev–Trinajstić information content (AvgIpc) is 2.71. The van der Waals surface area contributed by atoms with Crippen molar-refractivity contribution in [2.24, 2.45) is 0 Å². The Labute approximate surface area is 162 Å². The van der Waals surface area contributed by atoms with Gasteiger partial charge in [0.1, 0.15) is 17.1 Å². The van der Waals surface area contributed by atoms with Crippen LogP contribution in [0, 0.1) is 0 Å². The van der Waals surface area contributed by atoms with Gasteiger partial charge in [0.25, 0.3) is 5.91 Å². The Morgan fingerprint density at radius 3 is 2.32 bits per heavy atom. The quantitative estimate of drug-likeness (QED) is 0.460. The van der Waals surface area contributed by atoms with Gasteiger partial charge in [0, 0.05) is 16.5 Å². The molecule has 0 radical (unpaired) electrons. The van der Waals surface area contributed by atoms with Gasteiger partial charge in [-0.3, -0.25) is 4.79 Å². The third-order valence-electron chi connectivity index (χ3n) is 4.50. The van der Waals surface area contributed by atoms with Crippen molar-refractivity contribution in [3.8, 4) is 11.5 Å². The maximum absolute atomic E-state index is 12.4. The van der Waals surface area contributed by atoms with E-state index < -0.39 is 18.0 Å². The fraction of sp³-hybridized carbons (Fsp3) is 0.182. The van der Waals surface area contributed by atoms with Crippen molar-refractivity contribution in [3.63, 3.8) is 0 Å². The number of phenolic OH excluding ortho intramolecular Hbond substituents is 2. The topological polar surface area (TPSA) is 95.9 Å². The van der Waals surface area contributed by atoms with Gasteiger partial charge in [0.15, 0.2) is 6.10 Å². The molecule has 3 rings (SSSR count). The largest absolute Gasteiger partial charge is 0.507 e. The molecule has 0 saturated carbocycles. The van der Waals surface area contributed by atoms with E-state index in [1.54, 1.807) is 36.4 Å². The second-order valence-corrected chi connectivity index (χ2v) is 6.42. The van der Waals surface area contributed by atoms with E-state index in [-0.39, 0.29) is 17.1 Å². The molecule has 0 fully saturated rings. The zero-order chi connectivity index (χ0) is 20.3. The Hall–Kier alpha value is -3.54. The first-order valence-electron chi connectivity index (χ1n) is 8.95. The summed E-state index contributed by atoms with van der Waals surface area (Å²) in [6.07, 6.45) is -0.198. The highest BCUT2D eigenvalue weighted by molar-refractivity contribution is 6.04. The fourth-order valence-electron chi connectivity index (χ4n) is 2.84. The summed E-state index contributed by atoms with van der Waals surface area (Å²) in [5.74, 6) is -1.86. The van der Waals surface area contributed by atoms with E-state index in [9.17, 15) is 19.8 Å². The molecule has 3 aromatic rings. The van der Waals surface area contributed by atoms with Crippen LogP contribution >= 0.6 is 0 Å². The highest BCUT2D eigenvalue weighted by Gasteiger charge is 2.23. The van der Waals surface area contributed by atoms with Crippen molar-refractivity contribution >= 4 is 28.3 Å². The summed E-state index contributed by atoms with van der Waals surface area (Å²) in [6.45, 7) is 3.47. The number of esters is 1. The SMILES string of the molecule is CCc1ccc(NC(=O)[C@@H](C)OC(=O)c2cc(O)c3ccccc3c2O)cc1. The molecule has 3 N–H and O–H groups in total. The third kappa shape index (κ3) is 3.91. The molecule has 0 heterocycles. The fourth-order valence-corrected chi connectivity index (χ4v) is 2.84. The molecule has 1 atom stereocenters. The molecule has 28 heavy (non-hydrogen) atoms. The van der Waals surface area contributed by atoms with Crippen LogP contribution in [-0.2, 0) is 16.0 Å². The van der Waals surface area contributed by atoms with Crippen LogP contribution in [0.3, 0.4) is 0 Å².